The van der Waals surface area contributed by atoms with E-state index in [0.29, 0.717) is 18.3 Å². The number of amides is 1. The van der Waals surface area contributed by atoms with Gasteiger partial charge in [-0.3, -0.25) is 4.79 Å². The predicted octanol–water partition coefficient (Wildman–Crippen LogP) is 2.37. The summed E-state index contributed by atoms with van der Waals surface area (Å²) >= 11 is 6.25. The number of benzene rings is 1. The summed E-state index contributed by atoms with van der Waals surface area (Å²) < 4.78 is 1.92. The van der Waals surface area contributed by atoms with E-state index in [1.807, 2.05) is 29.8 Å². The summed E-state index contributed by atoms with van der Waals surface area (Å²) in [7, 11) is 0. The van der Waals surface area contributed by atoms with Crippen LogP contribution in [-0.4, -0.2) is 40.5 Å². The molecule has 1 aromatic carbocycles. The van der Waals surface area contributed by atoms with E-state index in [1.54, 1.807) is 4.90 Å². The zero-order valence-corrected chi connectivity index (χ0v) is 14.4. The van der Waals surface area contributed by atoms with Crippen molar-refractivity contribution in [2.45, 2.75) is 32.2 Å². The molecule has 4 rings (SSSR count). The summed E-state index contributed by atoms with van der Waals surface area (Å²) in [5, 5.41) is 12.5. The first-order valence-corrected chi connectivity index (χ1v) is 8.76. The second-order valence-corrected chi connectivity index (χ2v) is 6.80. The van der Waals surface area contributed by atoms with Gasteiger partial charge in [0.1, 0.15) is 0 Å². The Bertz CT molecular complexity index is 781. The lowest BCUT2D eigenvalue weighted by Gasteiger charge is -2.23. The van der Waals surface area contributed by atoms with E-state index >= 15 is 0 Å². The normalized spacial score (nSPS) is 18.0. The van der Waals surface area contributed by atoms with E-state index in [4.69, 9.17) is 11.6 Å². The maximum absolute atomic E-state index is 13.0. The summed E-state index contributed by atoms with van der Waals surface area (Å²) in [6.07, 6.45) is 2.81. The molecule has 2 aliphatic heterocycles. The number of piperidine rings is 1. The number of fused-ring (bicyclic) bond motifs is 1. The van der Waals surface area contributed by atoms with Crippen LogP contribution in [0.5, 0.6) is 0 Å². The molecule has 1 N–H and O–H groups in total. The Morgan fingerprint density at radius 1 is 1.33 bits per heavy atom. The minimum atomic E-state index is -0.0892. The van der Waals surface area contributed by atoms with E-state index in [-0.39, 0.29) is 5.91 Å². The molecule has 0 radical (unpaired) electrons. The fourth-order valence-corrected chi connectivity index (χ4v) is 3.93. The quantitative estimate of drug-likeness (QED) is 0.907. The number of nitrogens with one attached hydrogen (secondary N) is 1. The predicted molar refractivity (Wildman–Crippen MR) is 92.7 cm³/mol. The van der Waals surface area contributed by atoms with Crippen LogP contribution in [0.1, 0.15) is 40.6 Å². The van der Waals surface area contributed by atoms with Crippen LogP contribution in [0, 0.1) is 6.92 Å². The summed E-state index contributed by atoms with van der Waals surface area (Å²) in [4.78, 5) is 14.8. The van der Waals surface area contributed by atoms with Crippen molar-refractivity contribution in [3.05, 3.63) is 40.2 Å². The highest BCUT2D eigenvalue weighted by Crippen LogP contribution is 2.34. The van der Waals surface area contributed by atoms with Crippen LogP contribution in [0.3, 0.4) is 0 Å². The van der Waals surface area contributed by atoms with E-state index in [2.05, 4.69) is 15.6 Å². The number of halogens is 1. The molecule has 0 unspecified atom stereocenters. The Morgan fingerprint density at radius 3 is 2.92 bits per heavy atom. The fraction of sp³-hybridized carbons (Fsp3) is 0.471. The van der Waals surface area contributed by atoms with Crippen LogP contribution in [0.4, 0.5) is 5.69 Å². The first kappa shape index (κ1) is 15.6. The molecule has 126 valence electrons. The monoisotopic (exact) mass is 345 g/mol. The van der Waals surface area contributed by atoms with Crippen molar-refractivity contribution in [1.29, 1.82) is 0 Å². The average molecular weight is 346 g/mol. The van der Waals surface area contributed by atoms with Crippen LogP contribution < -0.4 is 10.2 Å². The van der Waals surface area contributed by atoms with Gasteiger partial charge in [-0.25, -0.2) is 4.68 Å². The summed E-state index contributed by atoms with van der Waals surface area (Å²) in [6, 6.07) is 6.01. The van der Waals surface area contributed by atoms with Crippen molar-refractivity contribution < 1.29 is 4.79 Å². The zero-order chi connectivity index (χ0) is 16.7. The van der Waals surface area contributed by atoms with Gasteiger partial charge < -0.3 is 10.2 Å². The summed E-state index contributed by atoms with van der Waals surface area (Å²) in [5.74, 6) is -0.0892. The highest BCUT2D eigenvalue weighted by molar-refractivity contribution is 6.32. The molecule has 0 saturated carbocycles. The van der Waals surface area contributed by atoms with Gasteiger partial charge in [0, 0.05) is 17.3 Å². The van der Waals surface area contributed by atoms with Gasteiger partial charge in [-0.15, -0.1) is 5.10 Å². The van der Waals surface area contributed by atoms with Crippen LogP contribution in [0.2, 0.25) is 5.02 Å². The summed E-state index contributed by atoms with van der Waals surface area (Å²) in [6.45, 7) is 4.53. The third-order valence-electron chi connectivity index (χ3n) is 5.00. The molecular formula is C17H20ClN5O. The smallest absolute Gasteiger partial charge is 0.280 e. The molecule has 0 spiro atoms. The van der Waals surface area contributed by atoms with Crippen molar-refractivity contribution in [3.8, 4) is 0 Å². The lowest BCUT2D eigenvalue weighted by Crippen LogP contribution is -2.31. The molecule has 1 fully saturated rings. The molecule has 1 amide bonds. The Morgan fingerprint density at radius 2 is 2.12 bits per heavy atom. The van der Waals surface area contributed by atoms with Crippen LogP contribution >= 0.6 is 11.6 Å². The van der Waals surface area contributed by atoms with Crippen molar-refractivity contribution in [3.63, 3.8) is 0 Å². The number of anilines is 1. The Kier molecular flexibility index (Phi) is 4.02. The van der Waals surface area contributed by atoms with Crippen molar-refractivity contribution in [1.82, 2.24) is 20.3 Å². The Hall–Kier alpha value is -1.92. The number of aromatic nitrogens is 3. The second kappa shape index (κ2) is 6.18. The van der Waals surface area contributed by atoms with Crippen LogP contribution in [-0.2, 0) is 6.42 Å². The molecule has 7 heteroatoms. The van der Waals surface area contributed by atoms with Crippen molar-refractivity contribution >= 4 is 23.2 Å². The minimum absolute atomic E-state index is 0.0892. The molecule has 2 aromatic rings. The zero-order valence-electron chi connectivity index (χ0n) is 13.6. The van der Waals surface area contributed by atoms with Gasteiger partial charge in [0.15, 0.2) is 5.69 Å². The molecule has 1 aromatic heterocycles. The largest absolute Gasteiger partial charge is 0.317 e. The first-order chi connectivity index (χ1) is 11.7. The molecule has 3 heterocycles. The number of carbonyl (C=O) groups excluding carboxylic acids is 1. The van der Waals surface area contributed by atoms with Crippen molar-refractivity contribution in [2.24, 2.45) is 0 Å². The number of hydrogen-bond donors (Lipinski definition) is 1. The van der Waals surface area contributed by atoms with Gasteiger partial charge in [-0.2, -0.15) is 0 Å². The van der Waals surface area contributed by atoms with E-state index < -0.39 is 0 Å². The van der Waals surface area contributed by atoms with Gasteiger partial charge in [0.25, 0.3) is 5.91 Å². The third-order valence-corrected chi connectivity index (χ3v) is 5.35. The van der Waals surface area contributed by atoms with Crippen molar-refractivity contribution in [2.75, 3.05) is 24.5 Å². The molecule has 0 aliphatic carbocycles. The Balaban J connectivity index is 1.63. The standard InChI is InChI=1S/C17H20ClN5O/c1-11-16(20-21-23(11)12-5-8-19-9-6-12)17(24)22-10-7-13-14(18)3-2-4-15(13)22/h2-4,12,19H,5-10H2,1H3. The van der Waals surface area contributed by atoms with E-state index in [0.717, 1.165) is 54.3 Å². The first-order valence-electron chi connectivity index (χ1n) is 8.38. The molecule has 0 bridgehead atoms. The fourth-order valence-electron chi connectivity index (χ4n) is 3.67. The van der Waals surface area contributed by atoms with Gasteiger partial charge in [0.05, 0.1) is 11.7 Å². The molecular weight excluding hydrogens is 326 g/mol. The summed E-state index contributed by atoms with van der Waals surface area (Å²) in [5.41, 5.74) is 3.22. The molecule has 24 heavy (non-hydrogen) atoms. The number of rotatable bonds is 2. The van der Waals surface area contributed by atoms with Crippen LogP contribution in [0.25, 0.3) is 0 Å². The van der Waals surface area contributed by atoms with E-state index in [1.165, 1.54) is 0 Å². The van der Waals surface area contributed by atoms with Gasteiger partial charge >= 0.3 is 0 Å². The third kappa shape index (κ3) is 2.50. The SMILES string of the molecule is Cc1c(C(=O)N2CCc3c(Cl)cccc32)nnn1C1CCNCC1. The highest BCUT2D eigenvalue weighted by atomic mass is 35.5. The number of hydrogen-bond acceptors (Lipinski definition) is 4. The molecule has 1 saturated heterocycles. The number of carbonyl (C=O) groups is 1. The maximum Gasteiger partial charge on any atom is 0.280 e. The molecule has 0 atom stereocenters. The van der Waals surface area contributed by atoms with Gasteiger partial charge in [0.2, 0.25) is 0 Å². The van der Waals surface area contributed by atoms with Crippen LogP contribution in [0.15, 0.2) is 18.2 Å². The maximum atomic E-state index is 13.0. The second-order valence-electron chi connectivity index (χ2n) is 6.39. The topological polar surface area (TPSA) is 63.1 Å². The van der Waals surface area contributed by atoms with E-state index in [9.17, 15) is 4.79 Å². The highest BCUT2D eigenvalue weighted by Gasteiger charge is 2.31. The number of nitrogens with zero attached hydrogens (tertiary/aromatic N) is 4. The van der Waals surface area contributed by atoms with Gasteiger partial charge in [-0.05, 0) is 57.0 Å². The lowest BCUT2D eigenvalue weighted by atomic mass is 10.1. The lowest BCUT2D eigenvalue weighted by molar-refractivity contribution is 0.0984. The van der Waals surface area contributed by atoms with Gasteiger partial charge in [-0.1, -0.05) is 22.9 Å². The molecule has 2 aliphatic rings. The average Bonchev–Trinajstić information content (AvgIpc) is 3.20. The minimum Gasteiger partial charge on any atom is -0.317 e. The Labute approximate surface area is 145 Å². The molecule has 6 nitrogen and oxygen atoms in total.